The van der Waals surface area contributed by atoms with Crippen molar-refractivity contribution in [2.45, 2.75) is 13.8 Å². The first-order valence-electron chi connectivity index (χ1n) is 7.60. The third-order valence-corrected chi connectivity index (χ3v) is 3.78. The van der Waals surface area contributed by atoms with Crippen LogP contribution in [0.3, 0.4) is 0 Å². The molecule has 0 radical (unpaired) electrons. The largest absolute Gasteiger partial charge is 0.490 e. The van der Waals surface area contributed by atoms with Crippen molar-refractivity contribution in [3.05, 3.63) is 51.5 Å². The number of carbonyl (C=O) groups is 1. The van der Waals surface area contributed by atoms with Gasteiger partial charge in [0.2, 0.25) is 0 Å². The Balaban J connectivity index is 2.39. The van der Waals surface area contributed by atoms with Crippen LogP contribution >= 0.6 is 23.2 Å². The molecule has 0 saturated carbocycles. The van der Waals surface area contributed by atoms with Crippen LogP contribution in [0, 0.1) is 11.3 Å². The predicted molar refractivity (Wildman–Crippen MR) is 97.9 cm³/mol. The van der Waals surface area contributed by atoms with Crippen molar-refractivity contribution >= 4 is 34.8 Å². The summed E-state index contributed by atoms with van der Waals surface area (Å²) in [6.07, 6.45) is 0. The summed E-state index contributed by atoms with van der Waals surface area (Å²) in [6.45, 7) is 4.51. The van der Waals surface area contributed by atoms with Gasteiger partial charge in [-0.2, -0.15) is 5.26 Å². The second-order valence-corrected chi connectivity index (χ2v) is 5.74. The van der Waals surface area contributed by atoms with Crippen LogP contribution in [0.2, 0.25) is 10.0 Å². The van der Waals surface area contributed by atoms with Crippen molar-refractivity contribution in [2.24, 2.45) is 0 Å². The van der Waals surface area contributed by atoms with Gasteiger partial charge in [-0.05, 0) is 32.0 Å². The zero-order chi connectivity index (χ0) is 18.4. The molecular formula is C18H16Cl2N2O3. The highest BCUT2D eigenvalue weighted by Gasteiger charge is 2.16. The summed E-state index contributed by atoms with van der Waals surface area (Å²) in [7, 11) is 0. The molecule has 0 aliphatic rings. The Morgan fingerprint density at radius 1 is 1.12 bits per heavy atom. The fraction of sp³-hybridized carbons (Fsp3) is 0.222. The molecule has 1 N–H and O–H groups in total. The first-order valence-corrected chi connectivity index (χ1v) is 8.35. The van der Waals surface area contributed by atoms with E-state index < -0.39 is 5.91 Å². The Labute approximate surface area is 156 Å². The Morgan fingerprint density at radius 3 is 2.32 bits per heavy atom. The summed E-state index contributed by atoms with van der Waals surface area (Å²) in [6, 6.07) is 9.70. The summed E-state index contributed by atoms with van der Waals surface area (Å²) in [5, 5.41) is 12.7. The van der Waals surface area contributed by atoms with E-state index in [1.165, 1.54) is 18.2 Å². The highest BCUT2D eigenvalue weighted by Crippen LogP contribution is 2.34. The van der Waals surface area contributed by atoms with Gasteiger partial charge in [-0.15, -0.1) is 0 Å². The Bertz CT molecular complexity index is 832. The average molecular weight is 379 g/mol. The fourth-order valence-electron chi connectivity index (χ4n) is 2.16. The minimum atomic E-state index is -0.454. The van der Waals surface area contributed by atoms with Gasteiger partial charge in [0.25, 0.3) is 5.91 Å². The Morgan fingerprint density at radius 2 is 1.76 bits per heavy atom. The molecule has 5 nitrogen and oxygen atoms in total. The van der Waals surface area contributed by atoms with Crippen LogP contribution in [-0.4, -0.2) is 19.1 Å². The lowest BCUT2D eigenvalue weighted by Gasteiger charge is -2.15. The SMILES string of the molecule is CCOc1cc(C#N)c(NC(=O)c2ccc(Cl)cc2Cl)cc1OCC. The molecule has 0 aromatic heterocycles. The van der Waals surface area contributed by atoms with Gasteiger partial charge < -0.3 is 14.8 Å². The molecule has 2 rings (SSSR count). The van der Waals surface area contributed by atoms with E-state index in [1.54, 1.807) is 12.1 Å². The van der Waals surface area contributed by atoms with Crippen LogP contribution in [0.15, 0.2) is 30.3 Å². The molecule has 0 heterocycles. The molecule has 0 aliphatic heterocycles. The van der Waals surface area contributed by atoms with Gasteiger partial charge in [0.05, 0.1) is 35.1 Å². The number of halogens is 2. The van der Waals surface area contributed by atoms with Crippen LogP contribution in [0.5, 0.6) is 11.5 Å². The van der Waals surface area contributed by atoms with Crippen LogP contribution in [0.4, 0.5) is 5.69 Å². The number of rotatable bonds is 6. The van der Waals surface area contributed by atoms with Gasteiger partial charge in [0.1, 0.15) is 6.07 Å². The fourth-order valence-corrected chi connectivity index (χ4v) is 2.65. The second kappa shape index (κ2) is 8.61. The molecule has 0 saturated heterocycles. The minimum absolute atomic E-state index is 0.222. The number of hydrogen-bond acceptors (Lipinski definition) is 4. The summed E-state index contributed by atoms with van der Waals surface area (Å²) in [4.78, 5) is 12.5. The molecule has 2 aromatic rings. The summed E-state index contributed by atoms with van der Waals surface area (Å²) < 4.78 is 11.0. The van der Waals surface area contributed by atoms with E-state index in [4.69, 9.17) is 32.7 Å². The van der Waals surface area contributed by atoms with Gasteiger partial charge in [-0.3, -0.25) is 4.79 Å². The summed E-state index contributed by atoms with van der Waals surface area (Å²) >= 11 is 11.9. The minimum Gasteiger partial charge on any atom is -0.490 e. The van der Waals surface area contributed by atoms with Crippen molar-refractivity contribution in [3.63, 3.8) is 0 Å². The second-order valence-electron chi connectivity index (χ2n) is 4.90. The zero-order valence-corrected chi connectivity index (χ0v) is 15.2. The van der Waals surface area contributed by atoms with E-state index in [2.05, 4.69) is 5.32 Å². The average Bonchev–Trinajstić information content (AvgIpc) is 2.57. The summed E-state index contributed by atoms with van der Waals surface area (Å²) in [5.74, 6) is 0.439. The van der Waals surface area contributed by atoms with Crippen LogP contribution in [0.1, 0.15) is 29.8 Å². The van der Waals surface area contributed by atoms with Gasteiger partial charge >= 0.3 is 0 Å². The molecule has 1 amide bonds. The predicted octanol–water partition coefficient (Wildman–Crippen LogP) is 4.91. The molecule has 0 spiro atoms. The van der Waals surface area contributed by atoms with Crippen LogP contribution in [-0.2, 0) is 0 Å². The maximum atomic E-state index is 12.5. The standard InChI is InChI=1S/C18H16Cl2N2O3/c1-3-24-16-7-11(10-21)15(9-17(16)25-4-2)22-18(23)13-6-5-12(19)8-14(13)20/h5-9H,3-4H2,1-2H3,(H,22,23). The summed E-state index contributed by atoms with van der Waals surface area (Å²) in [5.41, 5.74) is 0.817. The Kier molecular flexibility index (Phi) is 6.51. The van der Waals surface area contributed by atoms with E-state index in [0.29, 0.717) is 35.4 Å². The van der Waals surface area contributed by atoms with E-state index in [-0.39, 0.29) is 16.1 Å². The maximum Gasteiger partial charge on any atom is 0.257 e. The monoisotopic (exact) mass is 378 g/mol. The number of amides is 1. The number of nitrogens with one attached hydrogen (secondary N) is 1. The van der Waals surface area contributed by atoms with Crippen molar-refractivity contribution in [2.75, 3.05) is 18.5 Å². The quantitative estimate of drug-likeness (QED) is 0.774. The number of carbonyl (C=O) groups excluding carboxylic acids is 1. The van der Waals surface area contributed by atoms with Gasteiger partial charge in [0.15, 0.2) is 11.5 Å². The lowest BCUT2D eigenvalue weighted by molar-refractivity contribution is 0.102. The van der Waals surface area contributed by atoms with Gasteiger partial charge in [0, 0.05) is 17.2 Å². The molecule has 0 aliphatic carbocycles. The zero-order valence-electron chi connectivity index (χ0n) is 13.7. The number of nitriles is 1. The van der Waals surface area contributed by atoms with Crippen LogP contribution < -0.4 is 14.8 Å². The first-order chi connectivity index (χ1) is 12.0. The number of anilines is 1. The number of nitrogens with zero attached hydrogens (tertiary/aromatic N) is 1. The van der Waals surface area contributed by atoms with Crippen molar-refractivity contribution in [3.8, 4) is 17.6 Å². The third-order valence-electron chi connectivity index (χ3n) is 3.23. The van der Waals surface area contributed by atoms with Gasteiger partial charge in [-0.25, -0.2) is 0 Å². The normalized spacial score (nSPS) is 10.0. The molecule has 0 fully saturated rings. The number of hydrogen-bond donors (Lipinski definition) is 1. The highest BCUT2D eigenvalue weighted by atomic mass is 35.5. The molecule has 0 atom stereocenters. The molecule has 2 aromatic carbocycles. The molecule has 7 heteroatoms. The lowest BCUT2D eigenvalue weighted by atomic mass is 10.1. The highest BCUT2D eigenvalue weighted by molar-refractivity contribution is 6.37. The topological polar surface area (TPSA) is 71.3 Å². The first kappa shape index (κ1) is 18.9. The third kappa shape index (κ3) is 4.56. The molecule has 25 heavy (non-hydrogen) atoms. The number of ether oxygens (including phenoxy) is 2. The lowest BCUT2D eigenvalue weighted by Crippen LogP contribution is -2.14. The van der Waals surface area contributed by atoms with E-state index in [9.17, 15) is 10.1 Å². The molecule has 0 bridgehead atoms. The maximum absolute atomic E-state index is 12.5. The molecule has 130 valence electrons. The van der Waals surface area contributed by atoms with E-state index in [0.717, 1.165) is 0 Å². The smallest absolute Gasteiger partial charge is 0.257 e. The van der Waals surface area contributed by atoms with E-state index in [1.807, 2.05) is 19.9 Å². The number of benzene rings is 2. The van der Waals surface area contributed by atoms with E-state index >= 15 is 0 Å². The van der Waals surface area contributed by atoms with Gasteiger partial charge in [-0.1, -0.05) is 23.2 Å². The van der Waals surface area contributed by atoms with Crippen molar-refractivity contribution in [1.82, 2.24) is 0 Å². The Hall–Kier alpha value is -2.42. The van der Waals surface area contributed by atoms with Crippen molar-refractivity contribution in [1.29, 1.82) is 5.26 Å². The molecular weight excluding hydrogens is 363 g/mol. The molecule has 0 unspecified atom stereocenters. The van der Waals surface area contributed by atoms with Crippen molar-refractivity contribution < 1.29 is 14.3 Å². The van der Waals surface area contributed by atoms with Crippen LogP contribution in [0.25, 0.3) is 0 Å².